The van der Waals surface area contributed by atoms with Gasteiger partial charge in [-0.2, -0.15) is 4.98 Å². The van der Waals surface area contributed by atoms with Crippen LogP contribution in [-0.2, 0) is 6.54 Å². The van der Waals surface area contributed by atoms with E-state index in [0.29, 0.717) is 12.4 Å². The van der Waals surface area contributed by atoms with E-state index in [0.717, 1.165) is 4.88 Å². The fourth-order valence-electron chi connectivity index (χ4n) is 1.59. The predicted molar refractivity (Wildman–Crippen MR) is 71.7 cm³/mol. The highest BCUT2D eigenvalue weighted by atomic mass is 32.1. The summed E-state index contributed by atoms with van der Waals surface area (Å²) in [7, 11) is 3.22. The van der Waals surface area contributed by atoms with Gasteiger partial charge in [0.05, 0.1) is 24.1 Å². The van der Waals surface area contributed by atoms with Crippen molar-refractivity contribution in [3.63, 3.8) is 0 Å². The molecule has 0 bridgehead atoms. The highest BCUT2D eigenvalue weighted by Crippen LogP contribution is 2.28. The second-order valence-corrected chi connectivity index (χ2v) is 4.75. The summed E-state index contributed by atoms with van der Waals surface area (Å²) in [6, 6.07) is 2.87. The number of hydrogen-bond donors (Lipinski definition) is 0. The number of anilines is 1. The minimum absolute atomic E-state index is 0.0483. The molecular formula is C11H12N4O3S. The average molecular weight is 280 g/mol. The Morgan fingerprint density at radius 2 is 2.32 bits per heavy atom. The SMILES string of the molecule is COc1ccc([N+](=O)[O-])c(N(C)Cc2cncs2)n1. The highest BCUT2D eigenvalue weighted by molar-refractivity contribution is 7.09. The molecule has 2 aromatic rings. The zero-order valence-corrected chi connectivity index (χ0v) is 11.3. The van der Waals surface area contributed by atoms with Crippen LogP contribution < -0.4 is 9.64 Å². The molecule has 19 heavy (non-hydrogen) atoms. The normalized spacial score (nSPS) is 10.2. The first-order valence-electron chi connectivity index (χ1n) is 5.39. The second kappa shape index (κ2) is 5.61. The van der Waals surface area contributed by atoms with Crippen molar-refractivity contribution in [3.05, 3.63) is 38.8 Å². The first-order valence-corrected chi connectivity index (χ1v) is 6.27. The van der Waals surface area contributed by atoms with Gasteiger partial charge in [0.1, 0.15) is 0 Å². The van der Waals surface area contributed by atoms with Gasteiger partial charge in [0.25, 0.3) is 0 Å². The van der Waals surface area contributed by atoms with Crippen molar-refractivity contribution >= 4 is 22.8 Å². The zero-order valence-electron chi connectivity index (χ0n) is 10.4. The van der Waals surface area contributed by atoms with Gasteiger partial charge < -0.3 is 9.64 Å². The number of methoxy groups -OCH3 is 1. The van der Waals surface area contributed by atoms with Crippen LogP contribution in [0.25, 0.3) is 0 Å². The third-order valence-electron chi connectivity index (χ3n) is 2.47. The quantitative estimate of drug-likeness (QED) is 0.616. The van der Waals surface area contributed by atoms with Gasteiger partial charge in [0.15, 0.2) is 0 Å². The molecule has 0 aliphatic carbocycles. The number of thiazole rings is 1. The lowest BCUT2D eigenvalue weighted by molar-refractivity contribution is -0.384. The molecule has 0 aliphatic heterocycles. The van der Waals surface area contributed by atoms with Crippen LogP contribution in [0.1, 0.15) is 4.88 Å². The molecule has 0 N–H and O–H groups in total. The molecule has 100 valence electrons. The highest BCUT2D eigenvalue weighted by Gasteiger charge is 2.20. The summed E-state index contributed by atoms with van der Waals surface area (Å²) in [5.41, 5.74) is 1.67. The van der Waals surface area contributed by atoms with Crippen molar-refractivity contribution in [2.24, 2.45) is 0 Å². The standard InChI is InChI=1S/C11H12N4O3S/c1-14(6-8-5-12-7-19-8)11-9(15(16)17)3-4-10(13-11)18-2/h3-5,7H,6H2,1-2H3. The average Bonchev–Trinajstić information content (AvgIpc) is 2.90. The summed E-state index contributed by atoms with van der Waals surface area (Å²) in [6.45, 7) is 0.506. The zero-order chi connectivity index (χ0) is 13.8. The lowest BCUT2D eigenvalue weighted by atomic mass is 10.3. The van der Waals surface area contributed by atoms with Gasteiger partial charge in [0.2, 0.25) is 11.7 Å². The fourth-order valence-corrected chi connectivity index (χ4v) is 2.24. The third kappa shape index (κ3) is 2.97. The smallest absolute Gasteiger partial charge is 0.311 e. The Balaban J connectivity index is 2.32. The number of nitro groups is 1. The van der Waals surface area contributed by atoms with Crippen molar-refractivity contribution in [3.8, 4) is 5.88 Å². The van der Waals surface area contributed by atoms with Crippen molar-refractivity contribution < 1.29 is 9.66 Å². The topological polar surface area (TPSA) is 81.4 Å². The van der Waals surface area contributed by atoms with Crippen LogP contribution in [-0.4, -0.2) is 29.0 Å². The maximum absolute atomic E-state index is 11.0. The monoisotopic (exact) mass is 280 g/mol. The Morgan fingerprint density at radius 1 is 1.53 bits per heavy atom. The Hall–Kier alpha value is -2.22. The molecule has 0 spiro atoms. The number of rotatable bonds is 5. The minimum atomic E-state index is -0.453. The van der Waals surface area contributed by atoms with Crippen molar-refractivity contribution in [2.75, 3.05) is 19.1 Å². The van der Waals surface area contributed by atoms with Crippen LogP contribution in [0.3, 0.4) is 0 Å². The van der Waals surface area contributed by atoms with Gasteiger partial charge in [-0.3, -0.25) is 15.1 Å². The van der Waals surface area contributed by atoms with Crippen LogP contribution in [0.5, 0.6) is 5.88 Å². The van der Waals surface area contributed by atoms with E-state index in [1.165, 1.54) is 30.6 Å². The van der Waals surface area contributed by atoms with E-state index >= 15 is 0 Å². The van der Waals surface area contributed by atoms with Gasteiger partial charge in [-0.1, -0.05) is 0 Å². The Bertz CT molecular complexity index is 573. The summed E-state index contributed by atoms with van der Waals surface area (Å²) >= 11 is 1.49. The largest absolute Gasteiger partial charge is 0.481 e. The maximum Gasteiger partial charge on any atom is 0.311 e. The Kier molecular flexibility index (Phi) is 3.91. The number of ether oxygens (including phenoxy) is 1. The lowest BCUT2D eigenvalue weighted by Crippen LogP contribution is -2.18. The van der Waals surface area contributed by atoms with Crippen LogP contribution in [0.4, 0.5) is 11.5 Å². The van der Waals surface area contributed by atoms with E-state index in [1.54, 1.807) is 23.7 Å². The number of hydrogen-bond acceptors (Lipinski definition) is 7. The molecule has 0 atom stereocenters. The van der Waals surface area contributed by atoms with Crippen LogP contribution in [0, 0.1) is 10.1 Å². The van der Waals surface area contributed by atoms with Gasteiger partial charge in [-0.15, -0.1) is 11.3 Å². The molecule has 0 saturated heterocycles. The van der Waals surface area contributed by atoms with Gasteiger partial charge in [-0.05, 0) is 0 Å². The Labute approximate surface area is 113 Å². The van der Waals surface area contributed by atoms with Crippen molar-refractivity contribution in [1.29, 1.82) is 0 Å². The van der Waals surface area contributed by atoms with E-state index in [1.807, 2.05) is 0 Å². The first kappa shape index (κ1) is 13.2. The summed E-state index contributed by atoms with van der Waals surface area (Å²) < 4.78 is 5.00. The number of pyridine rings is 1. The molecular weight excluding hydrogens is 268 g/mol. The van der Waals surface area contributed by atoms with Crippen LogP contribution in [0.15, 0.2) is 23.8 Å². The Morgan fingerprint density at radius 3 is 2.89 bits per heavy atom. The molecule has 2 heterocycles. The molecule has 0 fully saturated rings. The molecule has 0 aliphatic rings. The molecule has 8 heteroatoms. The van der Waals surface area contributed by atoms with E-state index in [2.05, 4.69) is 9.97 Å². The van der Waals surface area contributed by atoms with E-state index in [-0.39, 0.29) is 11.5 Å². The lowest BCUT2D eigenvalue weighted by Gasteiger charge is -2.17. The van der Waals surface area contributed by atoms with Crippen LogP contribution in [0.2, 0.25) is 0 Å². The predicted octanol–water partition coefficient (Wildman–Crippen LogP) is 2.09. The minimum Gasteiger partial charge on any atom is -0.481 e. The van der Waals surface area contributed by atoms with Crippen molar-refractivity contribution in [1.82, 2.24) is 9.97 Å². The number of nitrogens with zero attached hydrogens (tertiary/aromatic N) is 4. The molecule has 0 aromatic carbocycles. The molecule has 2 rings (SSSR count). The van der Waals surface area contributed by atoms with E-state index in [9.17, 15) is 10.1 Å². The summed E-state index contributed by atoms with van der Waals surface area (Å²) in [5, 5.41) is 11.0. The molecule has 0 saturated carbocycles. The third-order valence-corrected chi connectivity index (χ3v) is 3.24. The molecule has 0 unspecified atom stereocenters. The van der Waals surface area contributed by atoms with Gasteiger partial charge in [-0.25, -0.2) is 0 Å². The fraction of sp³-hybridized carbons (Fsp3) is 0.273. The van der Waals surface area contributed by atoms with E-state index < -0.39 is 4.92 Å². The molecule has 7 nitrogen and oxygen atoms in total. The van der Waals surface area contributed by atoms with Crippen molar-refractivity contribution in [2.45, 2.75) is 6.54 Å². The maximum atomic E-state index is 11.0. The molecule has 2 aromatic heterocycles. The molecule has 0 radical (unpaired) electrons. The summed E-state index contributed by atoms with van der Waals surface area (Å²) in [5.74, 6) is 0.620. The van der Waals surface area contributed by atoms with Crippen LogP contribution >= 0.6 is 11.3 Å². The van der Waals surface area contributed by atoms with Gasteiger partial charge in [0, 0.05) is 30.3 Å². The summed E-state index contributed by atoms with van der Waals surface area (Å²) in [6.07, 6.45) is 1.73. The number of aromatic nitrogens is 2. The summed E-state index contributed by atoms with van der Waals surface area (Å²) in [4.78, 5) is 21.4. The molecule has 0 amide bonds. The van der Waals surface area contributed by atoms with E-state index in [4.69, 9.17) is 4.74 Å². The second-order valence-electron chi connectivity index (χ2n) is 3.78. The van der Waals surface area contributed by atoms with Gasteiger partial charge >= 0.3 is 5.69 Å². The first-order chi connectivity index (χ1) is 9.11.